The van der Waals surface area contributed by atoms with Crippen LogP contribution in [0.2, 0.25) is 0 Å². The van der Waals surface area contributed by atoms with E-state index in [4.69, 9.17) is 23.2 Å². The lowest BCUT2D eigenvalue weighted by molar-refractivity contribution is 0.142. The highest BCUT2D eigenvalue weighted by molar-refractivity contribution is 6.32. The molecule has 5 nitrogen and oxygen atoms in total. The topological polar surface area (TPSA) is 38.8 Å². The van der Waals surface area contributed by atoms with Crippen molar-refractivity contribution in [2.24, 2.45) is 5.92 Å². The number of allylic oxidation sites excluding steroid dienone is 4. The second-order valence-corrected chi connectivity index (χ2v) is 9.48. The second-order valence-electron chi connectivity index (χ2n) is 8.50. The van der Waals surface area contributed by atoms with Gasteiger partial charge in [-0.1, -0.05) is 12.2 Å². The van der Waals surface area contributed by atoms with E-state index in [1.807, 2.05) is 12.2 Å². The smallest absolute Gasteiger partial charge is 0.317 e. The van der Waals surface area contributed by atoms with E-state index in [9.17, 15) is 4.79 Å². The maximum atomic E-state index is 11.8. The minimum atomic E-state index is -0.124. The lowest BCUT2D eigenvalue weighted by Gasteiger charge is -2.40. The van der Waals surface area contributed by atoms with E-state index in [-0.39, 0.29) is 16.8 Å². The maximum Gasteiger partial charge on any atom is 0.317 e. The van der Waals surface area contributed by atoms with Gasteiger partial charge in [-0.25, -0.2) is 4.79 Å². The summed E-state index contributed by atoms with van der Waals surface area (Å²) in [5.74, 6) is 0.793. The molecule has 1 heterocycles. The highest BCUT2D eigenvalue weighted by atomic mass is 35.5. The van der Waals surface area contributed by atoms with Gasteiger partial charge in [-0.15, -0.1) is 23.2 Å². The van der Waals surface area contributed by atoms with E-state index in [1.165, 1.54) is 31.5 Å². The zero-order valence-electron chi connectivity index (χ0n) is 17.1. The van der Waals surface area contributed by atoms with Crippen molar-refractivity contribution in [2.75, 3.05) is 46.8 Å². The van der Waals surface area contributed by atoms with Crippen LogP contribution in [0.15, 0.2) is 23.9 Å². The fourth-order valence-corrected chi connectivity index (χ4v) is 4.89. The van der Waals surface area contributed by atoms with E-state index < -0.39 is 0 Å². The first kappa shape index (κ1) is 21.8. The molecule has 2 unspecified atom stereocenters. The number of nitrogens with one attached hydrogen (secondary N) is 1. The Kier molecular flexibility index (Phi) is 7.95. The molecule has 2 atom stereocenters. The Labute approximate surface area is 179 Å². The van der Waals surface area contributed by atoms with Gasteiger partial charge in [0.15, 0.2) is 0 Å². The molecule has 0 spiro atoms. The van der Waals surface area contributed by atoms with Crippen molar-refractivity contribution in [3.63, 3.8) is 0 Å². The predicted molar refractivity (Wildman–Crippen MR) is 117 cm³/mol. The van der Waals surface area contributed by atoms with E-state index in [1.54, 1.807) is 19.0 Å². The number of halogens is 2. The van der Waals surface area contributed by atoms with Crippen LogP contribution in [-0.4, -0.2) is 84.3 Å². The van der Waals surface area contributed by atoms with Crippen LogP contribution < -0.4 is 5.32 Å². The number of hydrogen-bond donors (Lipinski definition) is 1. The van der Waals surface area contributed by atoms with Gasteiger partial charge in [0.25, 0.3) is 0 Å². The molecule has 0 bridgehead atoms. The van der Waals surface area contributed by atoms with E-state index >= 15 is 0 Å². The molecular formula is C21H34Cl2N4O. The molecule has 3 aliphatic rings. The number of alkyl halides is 2. The zero-order chi connectivity index (χ0) is 20.1. The summed E-state index contributed by atoms with van der Waals surface area (Å²) in [6.07, 6.45) is 12.0. The van der Waals surface area contributed by atoms with Crippen LogP contribution in [-0.2, 0) is 0 Å². The first-order valence-electron chi connectivity index (χ1n) is 10.6. The van der Waals surface area contributed by atoms with Gasteiger partial charge in [0.05, 0.1) is 10.8 Å². The van der Waals surface area contributed by atoms with Gasteiger partial charge in [-0.3, -0.25) is 4.90 Å². The van der Waals surface area contributed by atoms with Crippen molar-refractivity contribution < 1.29 is 4.79 Å². The number of carbonyl (C=O) groups excluding carboxylic acids is 1. The van der Waals surface area contributed by atoms with Crippen molar-refractivity contribution in [1.29, 1.82) is 0 Å². The number of carbonyl (C=O) groups is 1. The van der Waals surface area contributed by atoms with Crippen molar-refractivity contribution in [3.05, 3.63) is 23.9 Å². The van der Waals surface area contributed by atoms with Crippen LogP contribution >= 0.6 is 23.2 Å². The Morgan fingerprint density at radius 1 is 1.14 bits per heavy atom. The van der Waals surface area contributed by atoms with Crippen LogP contribution in [0.4, 0.5) is 4.79 Å². The normalized spacial score (nSPS) is 31.4. The Morgan fingerprint density at radius 3 is 2.46 bits per heavy atom. The Balaban J connectivity index is 1.34. The highest BCUT2D eigenvalue weighted by Gasteiger charge is 2.28. The van der Waals surface area contributed by atoms with Crippen LogP contribution in [0, 0.1) is 5.92 Å². The fraction of sp³-hybridized carbons (Fsp3) is 0.762. The van der Waals surface area contributed by atoms with E-state index in [0.717, 1.165) is 44.9 Å². The number of rotatable bonds is 5. The molecule has 0 aromatic carbocycles. The van der Waals surface area contributed by atoms with Gasteiger partial charge < -0.3 is 15.1 Å². The molecule has 2 aliphatic carbocycles. The average Bonchev–Trinajstić information content (AvgIpc) is 2.70. The van der Waals surface area contributed by atoms with Crippen LogP contribution in [0.5, 0.6) is 0 Å². The monoisotopic (exact) mass is 428 g/mol. The second kappa shape index (κ2) is 10.2. The summed E-state index contributed by atoms with van der Waals surface area (Å²) in [4.78, 5) is 18.4. The number of urea groups is 1. The first-order chi connectivity index (χ1) is 13.4. The molecular weight excluding hydrogens is 395 g/mol. The highest BCUT2D eigenvalue weighted by Crippen LogP contribution is 2.29. The molecule has 0 radical (unpaired) electrons. The van der Waals surface area contributed by atoms with Crippen LogP contribution in [0.1, 0.15) is 32.1 Å². The maximum absolute atomic E-state index is 11.8. The van der Waals surface area contributed by atoms with E-state index in [0.29, 0.717) is 6.04 Å². The number of hydrogen-bond acceptors (Lipinski definition) is 3. The SMILES string of the molecule is CN(C)C(=O)NC1CCC(CCN2CCN(C3=CC=CC(Cl)C3Cl)CC2)CC1. The summed E-state index contributed by atoms with van der Waals surface area (Å²) in [5, 5.41) is 2.89. The van der Waals surface area contributed by atoms with Crippen LogP contribution in [0.3, 0.4) is 0 Å². The summed E-state index contributed by atoms with van der Waals surface area (Å²) >= 11 is 12.8. The lowest BCUT2D eigenvalue weighted by Crippen LogP contribution is -2.48. The van der Waals surface area contributed by atoms with Crippen LogP contribution in [0.25, 0.3) is 0 Å². The lowest BCUT2D eigenvalue weighted by atomic mass is 9.84. The fourth-order valence-electron chi connectivity index (χ4n) is 4.39. The third-order valence-corrected chi connectivity index (χ3v) is 7.32. The standard InChI is InChI=1S/C21H34Cl2N4O/c1-25(2)21(28)24-17-8-6-16(7-9-17)10-11-26-12-14-27(15-13-26)19-5-3-4-18(22)20(19)23/h3-5,16-18,20H,6-15H2,1-2H3,(H,24,28). The molecule has 28 heavy (non-hydrogen) atoms. The molecule has 3 rings (SSSR count). The van der Waals surface area contributed by atoms with Gasteiger partial charge in [0, 0.05) is 52.0 Å². The Morgan fingerprint density at radius 2 is 1.82 bits per heavy atom. The minimum Gasteiger partial charge on any atom is -0.371 e. The number of amides is 2. The van der Waals surface area contributed by atoms with Gasteiger partial charge >= 0.3 is 6.03 Å². The summed E-state index contributed by atoms with van der Waals surface area (Å²) in [5.41, 5.74) is 1.17. The van der Waals surface area contributed by atoms with Crippen molar-refractivity contribution in [3.8, 4) is 0 Å². The predicted octanol–water partition coefficient (Wildman–Crippen LogP) is 3.49. The minimum absolute atomic E-state index is 0.0320. The van der Waals surface area contributed by atoms with Gasteiger partial charge in [-0.05, 0) is 50.6 Å². The molecule has 1 N–H and O–H groups in total. The molecule has 2 amide bonds. The first-order valence-corrected chi connectivity index (χ1v) is 11.4. The van der Waals surface area contributed by atoms with Gasteiger partial charge in [0.1, 0.15) is 0 Å². The van der Waals surface area contributed by atoms with E-state index in [2.05, 4.69) is 21.2 Å². The molecule has 1 aliphatic heterocycles. The Hall–Kier alpha value is -0.910. The summed E-state index contributed by atoms with van der Waals surface area (Å²) in [7, 11) is 3.59. The molecule has 0 aromatic heterocycles. The quantitative estimate of drug-likeness (QED) is 0.680. The zero-order valence-corrected chi connectivity index (χ0v) is 18.6. The number of nitrogens with zero attached hydrogens (tertiary/aromatic N) is 3. The molecule has 158 valence electrons. The molecule has 2 fully saturated rings. The third kappa shape index (κ3) is 5.80. The number of piperazine rings is 1. The van der Waals surface area contributed by atoms with Crippen molar-refractivity contribution in [1.82, 2.24) is 20.0 Å². The largest absolute Gasteiger partial charge is 0.371 e. The molecule has 0 aromatic rings. The summed E-state index contributed by atoms with van der Waals surface area (Å²) in [6.45, 7) is 5.40. The third-order valence-electron chi connectivity index (χ3n) is 6.30. The summed E-state index contributed by atoms with van der Waals surface area (Å²) in [6, 6.07) is 0.381. The van der Waals surface area contributed by atoms with Gasteiger partial charge in [-0.2, -0.15) is 0 Å². The van der Waals surface area contributed by atoms with Gasteiger partial charge in [0.2, 0.25) is 0 Å². The molecule has 1 saturated carbocycles. The molecule has 1 saturated heterocycles. The molecule has 7 heteroatoms. The Bertz CT molecular complexity index is 579. The van der Waals surface area contributed by atoms with Crippen molar-refractivity contribution >= 4 is 29.2 Å². The van der Waals surface area contributed by atoms with Crippen molar-refractivity contribution in [2.45, 2.75) is 48.9 Å². The average molecular weight is 429 g/mol. The summed E-state index contributed by atoms with van der Waals surface area (Å²) < 4.78 is 0.